The topological polar surface area (TPSA) is 134 Å². The highest BCUT2D eigenvalue weighted by atomic mass is 31.2. The first-order chi connectivity index (χ1) is 8.16. The van der Waals surface area contributed by atoms with Crippen molar-refractivity contribution in [2.75, 3.05) is 0 Å². The van der Waals surface area contributed by atoms with Crippen LogP contribution in [0.3, 0.4) is 0 Å². The number of benzene rings is 1. The van der Waals surface area contributed by atoms with E-state index in [0.717, 1.165) is 0 Å². The first-order valence-corrected chi connectivity index (χ1v) is 7.70. The number of phosphoric acid groups is 2. The molecule has 0 bridgehead atoms. The third-order valence-electron chi connectivity index (χ3n) is 1.82. The average molecular weight is 298 g/mol. The Bertz CT molecular complexity index is 427. The molecule has 1 rings (SSSR count). The van der Waals surface area contributed by atoms with Crippen LogP contribution in [0.2, 0.25) is 0 Å². The van der Waals surface area contributed by atoms with Crippen molar-refractivity contribution < 1.29 is 37.8 Å². The van der Waals surface area contributed by atoms with E-state index in [1.807, 2.05) is 0 Å². The number of hydrogen-bond donors (Lipinski definition) is 4. The van der Waals surface area contributed by atoms with Crippen molar-refractivity contribution in [1.29, 1.82) is 0 Å². The molecule has 0 fully saturated rings. The molecule has 0 saturated carbocycles. The largest absolute Gasteiger partial charge is 0.469 e. The van der Waals surface area contributed by atoms with Gasteiger partial charge in [-0.25, -0.2) is 9.13 Å². The summed E-state index contributed by atoms with van der Waals surface area (Å²) in [5, 5.41) is 0. The molecular weight excluding hydrogens is 286 g/mol. The average Bonchev–Trinajstić information content (AvgIpc) is 2.23. The standard InChI is InChI=1S/C8H12O8P2/c9-17(10,11)15-5-7-1-2-8(4-3-7)6-16-18(12,13)14/h1-4H,5-6H2,(H2,9,10,11)(H2,12,13,14). The smallest absolute Gasteiger partial charge is 0.303 e. The van der Waals surface area contributed by atoms with Crippen LogP contribution < -0.4 is 0 Å². The van der Waals surface area contributed by atoms with Crippen LogP contribution in [0, 0.1) is 0 Å². The molecule has 8 nitrogen and oxygen atoms in total. The second-order valence-electron chi connectivity index (χ2n) is 3.34. The van der Waals surface area contributed by atoms with Gasteiger partial charge in [-0.3, -0.25) is 9.05 Å². The van der Waals surface area contributed by atoms with E-state index in [4.69, 9.17) is 19.6 Å². The van der Waals surface area contributed by atoms with Gasteiger partial charge in [0.05, 0.1) is 13.2 Å². The summed E-state index contributed by atoms with van der Waals surface area (Å²) < 4.78 is 29.5. The quantitative estimate of drug-likeness (QED) is 0.569. The molecule has 0 aliphatic heterocycles. The predicted molar refractivity (Wildman–Crippen MR) is 60.1 cm³/mol. The zero-order chi connectivity index (χ0) is 13.8. The molecule has 0 aliphatic carbocycles. The van der Waals surface area contributed by atoms with Crippen molar-refractivity contribution in [3.63, 3.8) is 0 Å². The van der Waals surface area contributed by atoms with E-state index in [1.165, 1.54) is 24.3 Å². The summed E-state index contributed by atoms with van der Waals surface area (Å²) in [6.07, 6.45) is 0. The minimum absolute atomic E-state index is 0.260. The van der Waals surface area contributed by atoms with Crippen LogP contribution in [0.1, 0.15) is 11.1 Å². The van der Waals surface area contributed by atoms with Gasteiger partial charge in [-0.2, -0.15) is 0 Å². The van der Waals surface area contributed by atoms with Crippen LogP contribution in [-0.2, 0) is 31.4 Å². The molecule has 1 aromatic rings. The lowest BCUT2D eigenvalue weighted by molar-refractivity contribution is 0.186. The lowest BCUT2D eigenvalue weighted by atomic mass is 10.1. The summed E-state index contributed by atoms with van der Waals surface area (Å²) in [6, 6.07) is 6.03. The lowest BCUT2D eigenvalue weighted by Crippen LogP contribution is -1.93. The predicted octanol–water partition coefficient (Wildman–Crippen LogP) is 0.905. The minimum Gasteiger partial charge on any atom is -0.303 e. The van der Waals surface area contributed by atoms with Gasteiger partial charge < -0.3 is 19.6 Å². The number of rotatable bonds is 6. The molecule has 10 heteroatoms. The molecule has 0 aliphatic rings. The molecule has 0 spiro atoms. The highest BCUT2D eigenvalue weighted by Gasteiger charge is 2.14. The fourth-order valence-corrected chi connectivity index (χ4v) is 1.68. The molecule has 4 N–H and O–H groups in total. The van der Waals surface area contributed by atoms with Crippen molar-refractivity contribution >= 4 is 15.6 Å². The third kappa shape index (κ3) is 7.00. The van der Waals surface area contributed by atoms with Crippen molar-refractivity contribution in [3.05, 3.63) is 35.4 Å². The summed E-state index contributed by atoms with van der Waals surface area (Å²) in [5.41, 5.74) is 1.02. The van der Waals surface area contributed by atoms with Crippen molar-refractivity contribution in [2.45, 2.75) is 13.2 Å². The fraction of sp³-hybridized carbons (Fsp3) is 0.250. The SMILES string of the molecule is O=P(O)(O)OCc1ccc(COP(=O)(O)O)cc1. The zero-order valence-corrected chi connectivity index (χ0v) is 10.8. The fourth-order valence-electron chi connectivity index (χ4n) is 1.05. The Morgan fingerprint density at radius 3 is 1.28 bits per heavy atom. The van der Waals surface area contributed by atoms with Crippen LogP contribution in [0.25, 0.3) is 0 Å². The molecule has 102 valence electrons. The molecule has 0 saturated heterocycles. The van der Waals surface area contributed by atoms with Gasteiger partial charge in [0.25, 0.3) is 0 Å². The van der Waals surface area contributed by atoms with Gasteiger partial charge >= 0.3 is 15.6 Å². The Morgan fingerprint density at radius 1 is 0.778 bits per heavy atom. The maximum Gasteiger partial charge on any atom is 0.469 e. The Kier molecular flexibility index (Phi) is 5.21. The van der Waals surface area contributed by atoms with Crippen LogP contribution in [0.15, 0.2) is 24.3 Å². The third-order valence-corrected chi connectivity index (χ3v) is 2.75. The highest BCUT2D eigenvalue weighted by Crippen LogP contribution is 2.38. The zero-order valence-electron chi connectivity index (χ0n) is 9.04. The van der Waals surface area contributed by atoms with E-state index in [1.54, 1.807) is 0 Å². The van der Waals surface area contributed by atoms with Crippen LogP contribution in [0.4, 0.5) is 0 Å². The van der Waals surface area contributed by atoms with E-state index in [2.05, 4.69) is 9.05 Å². The van der Waals surface area contributed by atoms with Gasteiger partial charge in [-0.05, 0) is 11.1 Å². The van der Waals surface area contributed by atoms with E-state index < -0.39 is 15.6 Å². The van der Waals surface area contributed by atoms with Gasteiger partial charge in [-0.1, -0.05) is 24.3 Å². The summed E-state index contributed by atoms with van der Waals surface area (Å²) in [6.45, 7) is -0.520. The van der Waals surface area contributed by atoms with E-state index in [0.29, 0.717) is 11.1 Å². The first kappa shape index (κ1) is 15.5. The number of hydrogen-bond acceptors (Lipinski definition) is 4. The Morgan fingerprint density at radius 2 is 1.06 bits per heavy atom. The van der Waals surface area contributed by atoms with Crippen molar-refractivity contribution in [1.82, 2.24) is 0 Å². The van der Waals surface area contributed by atoms with Gasteiger partial charge in [0.15, 0.2) is 0 Å². The summed E-state index contributed by atoms with van der Waals surface area (Å²) in [5.74, 6) is 0. The number of phosphoric ester groups is 2. The molecule has 0 amide bonds. The van der Waals surface area contributed by atoms with Crippen LogP contribution in [-0.4, -0.2) is 19.6 Å². The van der Waals surface area contributed by atoms with Crippen LogP contribution >= 0.6 is 15.6 Å². The van der Waals surface area contributed by atoms with Gasteiger partial charge in [0.2, 0.25) is 0 Å². The molecule has 0 atom stereocenters. The second-order valence-corrected chi connectivity index (χ2v) is 5.82. The van der Waals surface area contributed by atoms with Gasteiger partial charge in [0, 0.05) is 0 Å². The molecule has 0 radical (unpaired) electrons. The maximum atomic E-state index is 10.4. The Labute approximate surface area is 103 Å². The summed E-state index contributed by atoms with van der Waals surface area (Å²) in [7, 11) is -9.01. The van der Waals surface area contributed by atoms with Crippen molar-refractivity contribution in [2.24, 2.45) is 0 Å². The molecular formula is C8H12O8P2. The monoisotopic (exact) mass is 298 g/mol. The van der Waals surface area contributed by atoms with Gasteiger partial charge in [-0.15, -0.1) is 0 Å². The van der Waals surface area contributed by atoms with E-state index in [-0.39, 0.29) is 13.2 Å². The Hall–Kier alpha value is -0.560. The lowest BCUT2D eigenvalue weighted by Gasteiger charge is -2.07. The minimum atomic E-state index is -4.51. The summed E-state index contributed by atoms with van der Waals surface area (Å²) >= 11 is 0. The molecule has 0 aromatic heterocycles. The van der Waals surface area contributed by atoms with E-state index in [9.17, 15) is 9.13 Å². The van der Waals surface area contributed by atoms with E-state index >= 15 is 0 Å². The van der Waals surface area contributed by atoms with Crippen LogP contribution in [0.5, 0.6) is 0 Å². The molecule has 1 aromatic carbocycles. The second kappa shape index (κ2) is 6.06. The molecule has 0 unspecified atom stereocenters. The first-order valence-electron chi connectivity index (χ1n) is 4.64. The Balaban J connectivity index is 2.53. The molecule has 0 heterocycles. The normalized spacial score (nSPS) is 12.7. The van der Waals surface area contributed by atoms with Crippen molar-refractivity contribution in [3.8, 4) is 0 Å². The molecule has 18 heavy (non-hydrogen) atoms. The van der Waals surface area contributed by atoms with Gasteiger partial charge in [0.1, 0.15) is 0 Å². The maximum absolute atomic E-state index is 10.4. The summed E-state index contributed by atoms with van der Waals surface area (Å²) in [4.78, 5) is 34.0. The highest BCUT2D eigenvalue weighted by molar-refractivity contribution is 7.46.